The first-order chi connectivity index (χ1) is 7.22. The second-order valence-corrected chi connectivity index (χ2v) is 3.84. The average Bonchev–Trinajstić information content (AvgIpc) is 2.21. The Hall–Kier alpha value is -1.00. The van der Waals surface area contributed by atoms with Gasteiger partial charge < -0.3 is 10.1 Å². The molecular weight excluding hydrogens is 190 g/mol. The Balaban J connectivity index is 2.22. The first-order valence-corrected chi connectivity index (χ1v) is 5.19. The van der Waals surface area contributed by atoms with Crippen LogP contribution in [0.2, 0.25) is 0 Å². The van der Waals surface area contributed by atoms with E-state index < -0.39 is 0 Å². The fourth-order valence-electron chi connectivity index (χ4n) is 1.30. The highest BCUT2D eigenvalue weighted by molar-refractivity contribution is 5.00. The Morgan fingerprint density at radius 2 is 2.20 bits per heavy atom. The molecule has 0 radical (unpaired) electrons. The van der Waals surface area contributed by atoms with Crippen molar-refractivity contribution in [3.8, 4) is 0 Å². The molecule has 0 aliphatic heterocycles. The number of methoxy groups -OCH3 is 1. The van der Waals surface area contributed by atoms with Crippen molar-refractivity contribution in [2.75, 3.05) is 20.3 Å². The van der Waals surface area contributed by atoms with Gasteiger partial charge in [0.15, 0.2) is 0 Å². The smallest absolute Gasteiger partial charge is 0.0724 e. The summed E-state index contributed by atoms with van der Waals surface area (Å²) < 4.78 is 5.05. The molecule has 0 spiro atoms. The average molecular weight is 209 g/mol. The van der Waals surface area contributed by atoms with Gasteiger partial charge in [0, 0.05) is 39.2 Å². The maximum atomic E-state index is 5.05. The van der Waals surface area contributed by atoms with Crippen LogP contribution in [0.4, 0.5) is 0 Å². The number of ether oxygens (including phenoxy) is 1. The van der Waals surface area contributed by atoms with Gasteiger partial charge in [-0.25, -0.2) is 0 Å². The number of rotatable bonds is 6. The van der Waals surface area contributed by atoms with Crippen LogP contribution in [0.5, 0.6) is 0 Å². The van der Waals surface area contributed by atoms with E-state index in [0.717, 1.165) is 31.1 Å². The van der Waals surface area contributed by atoms with Gasteiger partial charge in [-0.15, -0.1) is 0 Å². The van der Waals surface area contributed by atoms with Crippen LogP contribution in [0.1, 0.15) is 18.3 Å². The van der Waals surface area contributed by atoms with Gasteiger partial charge in [0.05, 0.1) is 11.4 Å². The summed E-state index contributed by atoms with van der Waals surface area (Å²) in [5.74, 6) is 0.522. The van der Waals surface area contributed by atoms with Crippen LogP contribution in [-0.4, -0.2) is 30.2 Å². The predicted octanol–water partition coefficient (Wildman–Crippen LogP) is 1.16. The summed E-state index contributed by atoms with van der Waals surface area (Å²) in [7, 11) is 1.72. The Bertz CT molecular complexity index is 274. The normalized spacial score (nSPS) is 12.7. The highest BCUT2D eigenvalue weighted by Gasteiger charge is 2.01. The van der Waals surface area contributed by atoms with Crippen molar-refractivity contribution < 1.29 is 4.74 Å². The Morgan fingerprint density at radius 3 is 2.80 bits per heavy atom. The lowest BCUT2D eigenvalue weighted by atomic mass is 10.2. The zero-order valence-corrected chi connectivity index (χ0v) is 9.66. The maximum absolute atomic E-state index is 5.05. The minimum atomic E-state index is 0.522. The number of nitrogens with one attached hydrogen (secondary N) is 1. The largest absolute Gasteiger partial charge is 0.384 e. The van der Waals surface area contributed by atoms with Gasteiger partial charge in [0.1, 0.15) is 0 Å². The standard InChI is InChI=1S/C11H19N3O/c1-9(8-15-3)4-12-6-11-7-13-10(2)5-14-11/h5,7,9,12H,4,6,8H2,1-3H3. The first-order valence-electron chi connectivity index (χ1n) is 5.19. The number of aromatic nitrogens is 2. The molecule has 1 atom stereocenters. The SMILES string of the molecule is COCC(C)CNCc1cnc(C)cn1. The van der Waals surface area contributed by atoms with Crippen molar-refractivity contribution in [1.82, 2.24) is 15.3 Å². The molecule has 0 aliphatic rings. The van der Waals surface area contributed by atoms with Crippen molar-refractivity contribution in [3.05, 3.63) is 23.8 Å². The number of hydrogen-bond donors (Lipinski definition) is 1. The molecule has 1 aromatic heterocycles. The molecule has 0 fully saturated rings. The quantitative estimate of drug-likeness (QED) is 0.763. The van der Waals surface area contributed by atoms with E-state index in [2.05, 4.69) is 22.2 Å². The van der Waals surface area contributed by atoms with Gasteiger partial charge in [-0.3, -0.25) is 9.97 Å². The fourth-order valence-corrected chi connectivity index (χ4v) is 1.30. The third kappa shape index (κ3) is 4.85. The summed E-state index contributed by atoms with van der Waals surface area (Å²) in [5, 5.41) is 3.32. The molecule has 1 aromatic rings. The van der Waals surface area contributed by atoms with E-state index in [1.807, 2.05) is 13.1 Å². The minimum Gasteiger partial charge on any atom is -0.384 e. The van der Waals surface area contributed by atoms with Gasteiger partial charge in [-0.1, -0.05) is 6.92 Å². The predicted molar refractivity (Wildman–Crippen MR) is 59.5 cm³/mol. The van der Waals surface area contributed by atoms with E-state index in [-0.39, 0.29) is 0 Å². The van der Waals surface area contributed by atoms with E-state index in [0.29, 0.717) is 5.92 Å². The summed E-state index contributed by atoms with van der Waals surface area (Å²) in [6.45, 7) is 6.57. The second kappa shape index (κ2) is 6.48. The summed E-state index contributed by atoms with van der Waals surface area (Å²) in [6, 6.07) is 0. The molecule has 0 saturated carbocycles. The molecular formula is C11H19N3O. The molecule has 0 amide bonds. The van der Waals surface area contributed by atoms with Crippen molar-refractivity contribution >= 4 is 0 Å². The van der Waals surface area contributed by atoms with E-state index in [1.165, 1.54) is 0 Å². The van der Waals surface area contributed by atoms with E-state index >= 15 is 0 Å². The van der Waals surface area contributed by atoms with Crippen LogP contribution in [0.25, 0.3) is 0 Å². The van der Waals surface area contributed by atoms with Gasteiger partial charge in [0.2, 0.25) is 0 Å². The van der Waals surface area contributed by atoms with Crippen LogP contribution < -0.4 is 5.32 Å². The number of aryl methyl sites for hydroxylation is 1. The molecule has 0 aliphatic carbocycles. The van der Waals surface area contributed by atoms with E-state index in [1.54, 1.807) is 13.3 Å². The van der Waals surface area contributed by atoms with E-state index in [9.17, 15) is 0 Å². The number of nitrogens with zero attached hydrogens (tertiary/aromatic N) is 2. The van der Waals surface area contributed by atoms with Crippen LogP contribution in [0.3, 0.4) is 0 Å². The molecule has 1 unspecified atom stereocenters. The first kappa shape index (κ1) is 12.1. The van der Waals surface area contributed by atoms with Crippen molar-refractivity contribution in [1.29, 1.82) is 0 Å². The minimum absolute atomic E-state index is 0.522. The van der Waals surface area contributed by atoms with Gasteiger partial charge in [-0.2, -0.15) is 0 Å². The maximum Gasteiger partial charge on any atom is 0.0724 e. The van der Waals surface area contributed by atoms with Gasteiger partial charge in [0.25, 0.3) is 0 Å². The molecule has 0 aromatic carbocycles. The van der Waals surface area contributed by atoms with E-state index in [4.69, 9.17) is 4.74 Å². The van der Waals surface area contributed by atoms with Crippen LogP contribution in [0, 0.1) is 12.8 Å². The Kier molecular flexibility index (Phi) is 5.21. The molecule has 4 nitrogen and oxygen atoms in total. The second-order valence-electron chi connectivity index (χ2n) is 3.84. The van der Waals surface area contributed by atoms with Crippen molar-refractivity contribution in [3.63, 3.8) is 0 Å². The van der Waals surface area contributed by atoms with Gasteiger partial charge in [-0.05, 0) is 12.8 Å². The summed E-state index contributed by atoms with van der Waals surface area (Å²) in [4.78, 5) is 8.45. The molecule has 0 saturated heterocycles. The number of hydrogen-bond acceptors (Lipinski definition) is 4. The summed E-state index contributed by atoms with van der Waals surface area (Å²) in [6.07, 6.45) is 3.60. The third-order valence-electron chi connectivity index (χ3n) is 2.08. The topological polar surface area (TPSA) is 47.0 Å². The molecule has 4 heteroatoms. The third-order valence-corrected chi connectivity index (χ3v) is 2.08. The molecule has 1 heterocycles. The molecule has 84 valence electrons. The highest BCUT2D eigenvalue weighted by atomic mass is 16.5. The summed E-state index contributed by atoms with van der Waals surface area (Å²) >= 11 is 0. The Labute approximate surface area is 91.1 Å². The fraction of sp³-hybridized carbons (Fsp3) is 0.636. The molecule has 0 bridgehead atoms. The van der Waals surface area contributed by atoms with Gasteiger partial charge >= 0.3 is 0 Å². The lowest BCUT2D eigenvalue weighted by Crippen LogP contribution is -2.23. The monoisotopic (exact) mass is 209 g/mol. The molecule has 1 N–H and O–H groups in total. The zero-order chi connectivity index (χ0) is 11.1. The lowest BCUT2D eigenvalue weighted by Gasteiger charge is -2.10. The molecule has 15 heavy (non-hydrogen) atoms. The highest BCUT2D eigenvalue weighted by Crippen LogP contribution is 1.96. The lowest BCUT2D eigenvalue weighted by molar-refractivity contribution is 0.158. The summed E-state index contributed by atoms with van der Waals surface area (Å²) in [5.41, 5.74) is 1.93. The van der Waals surface area contributed by atoms with Crippen LogP contribution in [0.15, 0.2) is 12.4 Å². The van der Waals surface area contributed by atoms with Crippen LogP contribution in [-0.2, 0) is 11.3 Å². The Morgan fingerprint density at radius 1 is 1.40 bits per heavy atom. The zero-order valence-electron chi connectivity index (χ0n) is 9.66. The van der Waals surface area contributed by atoms with Crippen molar-refractivity contribution in [2.45, 2.75) is 20.4 Å². The van der Waals surface area contributed by atoms with Crippen molar-refractivity contribution in [2.24, 2.45) is 5.92 Å². The van der Waals surface area contributed by atoms with Crippen LogP contribution >= 0.6 is 0 Å². The molecule has 1 rings (SSSR count).